The van der Waals surface area contributed by atoms with Crippen molar-refractivity contribution in [2.24, 2.45) is 0 Å². The lowest BCUT2D eigenvalue weighted by Crippen LogP contribution is -2.40. The third-order valence-electron chi connectivity index (χ3n) is 2.80. The zero-order chi connectivity index (χ0) is 13.8. The second-order valence-corrected chi connectivity index (χ2v) is 5.82. The Morgan fingerprint density at radius 2 is 2.06 bits per heavy atom. The predicted molar refractivity (Wildman–Crippen MR) is 70.7 cm³/mol. The molecule has 1 aliphatic rings. The Hall–Kier alpha value is -0.810. The lowest BCUT2D eigenvalue weighted by molar-refractivity contribution is 0.0521. The minimum Gasteiger partial charge on any atom is -0.444 e. The number of amides is 1. The Bertz CT molecular complexity index is 276. The topological polar surface area (TPSA) is 59.6 Å². The summed E-state index contributed by atoms with van der Waals surface area (Å²) in [5.74, 6) is 0. The Kier molecular flexibility index (Phi) is 5.41. The van der Waals surface area contributed by atoms with Gasteiger partial charge in [0.2, 0.25) is 0 Å². The molecule has 0 aromatic heterocycles. The Morgan fingerprint density at radius 1 is 1.39 bits per heavy atom. The van der Waals surface area contributed by atoms with E-state index in [1.807, 2.05) is 20.8 Å². The molecule has 1 fully saturated rings. The first-order valence-electron chi connectivity index (χ1n) is 6.60. The fourth-order valence-corrected chi connectivity index (χ4v) is 1.79. The van der Waals surface area contributed by atoms with Crippen molar-refractivity contribution in [3.8, 4) is 0 Å². The van der Waals surface area contributed by atoms with Gasteiger partial charge < -0.3 is 20.1 Å². The second kappa shape index (κ2) is 6.38. The quantitative estimate of drug-likeness (QED) is 0.761. The summed E-state index contributed by atoms with van der Waals surface area (Å²) in [7, 11) is 1.70. The lowest BCUT2D eigenvalue weighted by atomic mass is 10.2. The maximum atomic E-state index is 11.5. The zero-order valence-electron chi connectivity index (χ0n) is 12.1. The molecule has 1 aliphatic carbocycles. The number of nitrogens with one attached hydrogen (secondary N) is 2. The van der Waals surface area contributed by atoms with Crippen molar-refractivity contribution < 1.29 is 14.3 Å². The first-order valence-corrected chi connectivity index (χ1v) is 6.60. The fraction of sp³-hybridized carbons (Fsp3) is 0.923. The fourth-order valence-electron chi connectivity index (χ4n) is 1.79. The van der Waals surface area contributed by atoms with Gasteiger partial charge in [-0.3, -0.25) is 0 Å². The van der Waals surface area contributed by atoms with E-state index in [0.717, 1.165) is 12.8 Å². The molecule has 0 spiro atoms. The summed E-state index contributed by atoms with van der Waals surface area (Å²) in [6.07, 6.45) is 1.64. The van der Waals surface area contributed by atoms with Crippen LogP contribution in [0.3, 0.4) is 0 Å². The third kappa shape index (κ3) is 5.69. The molecule has 1 saturated carbocycles. The second-order valence-electron chi connectivity index (χ2n) is 5.82. The predicted octanol–water partition coefficient (Wildman–Crippen LogP) is 1.67. The smallest absolute Gasteiger partial charge is 0.407 e. The molecule has 3 unspecified atom stereocenters. The minimum absolute atomic E-state index is 0.186. The van der Waals surface area contributed by atoms with Crippen LogP contribution < -0.4 is 10.6 Å². The van der Waals surface area contributed by atoms with E-state index in [2.05, 4.69) is 17.6 Å². The number of carbonyl (C=O) groups is 1. The first kappa shape index (κ1) is 15.2. The van der Waals surface area contributed by atoms with Crippen LogP contribution in [0.2, 0.25) is 0 Å². The summed E-state index contributed by atoms with van der Waals surface area (Å²) in [6, 6.07) is 0.883. The summed E-state index contributed by atoms with van der Waals surface area (Å²) in [6.45, 7) is 8.41. The van der Waals surface area contributed by atoms with E-state index in [9.17, 15) is 4.79 Å². The van der Waals surface area contributed by atoms with E-state index in [4.69, 9.17) is 9.47 Å². The van der Waals surface area contributed by atoms with Gasteiger partial charge in [-0.25, -0.2) is 4.79 Å². The zero-order valence-corrected chi connectivity index (χ0v) is 12.1. The highest BCUT2D eigenvalue weighted by atomic mass is 16.6. The molecule has 0 bridgehead atoms. The third-order valence-corrected chi connectivity index (χ3v) is 2.80. The molecule has 0 radical (unpaired) electrons. The normalized spacial score (nSPS) is 24.5. The van der Waals surface area contributed by atoms with Gasteiger partial charge >= 0.3 is 6.09 Å². The number of alkyl carbamates (subject to hydrolysis) is 1. The van der Waals surface area contributed by atoms with Crippen molar-refractivity contribution in [3.05, 3.63) is 0 Å². The van der Waals surface area contributed by atoms with Crippen LogP contribution in [-0.2, 0) is 9.47 Å². The molecule has 0 aliphatic heterocycles. The van der Waals surface area contributed by atoms with Crippen molar-refractivity contribution in [1.82, 2.24) is 10.6 Å². The van der Waals surface area contributed by atoms with E-state index >= 15 is 0 Å². The van der Waals surface area contributed by atoms with Gasteiger partial charge in [0.05, 0.1) is 6.61 Å². The summed E-state index contributed by atoms with van der Waals surface area (Å²) in [4.78, 5) is 11.5. The van der Waals surface area contributed by atoms with Crippen LogP contribution in [0.1, 0.15) is 40.5 Å². The van der Waals surface area contributed by atoms with Crippen LogP contribution >= 0.6 is 0 Å². The van der Waals surface area contributed by atoms with Crippen molar-refractivity contribution in [3.63, 3.8) is 0 Å². The Morgan fingerprint density at radius 3 is 2.56 bits per heavy atom. The summed E-state index contributed by atoms with van der Waals surface area (Å²) in [5.41, 5.74) is -0.441. The molecule has 1 rings (SSSR count). The van der Waals surface area contributed by atoms with Crippen LogP contribution in [-0.4, -0.2) is 43.5 Å². The number of carbonyl (C=O) groups excluding carboxylic acids is 1. The highest BCUT2D eigenvalue weighted by molar-refractivity contribution is 5.68. The average Bonchev–Trinajstić information content (AvgIpc) is 2.92. The van der Waals surface area contributed by atoms with Gasteiger partial charge in [0, 0.05) is 25.2 Å². The van der Waals surface area contributed by atoms with Crippen LogP contribution in [0.25, 0.3) is 0 Å². The van der Waals surface area contributed by atoms with E-state index < -0.39 is 5.60 Å². The highest BCUT2D eigenvalue weighted by Crippen LogP contribution is 2.23. The van der Waals surface area contributed by atoms with Gasteiger partial charge in [-0.05, 0) is 33.6 Å². The largest absolute Gasteiger partial charge is 0.444 e. The molecule has 2 N–H and O–H groups in total. The van der Waals surface area contributed by atoms with Crippen molar-refractivity contribution in [2.45, 2.75) is 64.3 Å². The number of ether oxygens (including phenoxy) is 2. The van der Waals surface area contributed by atoms with E-state index in [1.54, 1.807) is 7.11 Å². The van der Waals surface area contributed by atoms with Gasteiger partial charge in [0.15, 0.2) is 0 Å². The molecular weight excluding hydrogens is 232 g/mol. The summed E-state index contributed by atoms with van der Waals surface area (Å²) in [5, 5.41) is 6.33. The molecule has 5 heteroatoms. The Balaban J connectivity index is 2.22. The molecule has 3 atom stereocenters. The van der Waals surface area contributed by atoms with Crippen molar-refractivity contribution in [1.29, 1.82) is 0 Å². The van der Waals surface area contributed by atoms with Gasteiger partial charge in [-0.1, -0.05) is 6.92 Å². The standard InChI is InChI=1S/C13H26N2O3/c1-6-9(8-17-5)14-10-7-11(10)15-12(16)18-13(2,3)4/h9-11,14H,6-8H2,1-5H3,(H,15,16). The van der Waals surface area contributed by atoms with E-state index in [-0.39, 0.29) is 12.1 Å². The molecule has 106 valence electrons. The average molecular weight is 258 g/mol. The van der Waals surface area contributed by atoms with E-state index in [1.165, 1.54) is 0 Å². The highest BCUT2D eigenvalue weighted by Gasteiger charge is 2.40. The van der Waals surface area contributed by atoms with Crippen LogP contribution in [0.15, 0.2) is 0 Å². The molecular formula is C13H26N2O3. The van der Waals surface area contributed by atoms with Crippen LogP contribution in [0.4, 0.5) is 4.79 Å². The molecule has 5 nitrogen and oxygen atoms in total. The van der Waals surface area contributed by atoms with E-state index in [0.29, 0.717) is 18.7 Å². The maximum absolute atomic E-state index is 11.5. The van der Waals surface area contributed by atoms with Crippen LogP contribution in [0.5, 0.6) is 0 Å². The van der Waals surface area contributed by atoms with Crippen molar-refractivity contribution >= 4 is 6.09 Å². The Labute approximate surface area is 110 Å². The van der Waals surface area contributed by atoms with Gasteiger partial charge in [0.25, 0.3) is 0 Å². The SMILES string of the molecule is CCC(COC)NC1CC1NC(=O)OC(C)(C)C. The van der Waals surface area contributed by atoms with Crippen molar-refractivity contribution in [2.75, 3.05) is 13.7 Å². The number of rotatable bonds is 6. The summed E-state index contributed by atoms with van der Waals surface area (Å²) >= 11 is 0. The molecule has 0 aromatic rings. The monoisotopic (exact) mass is 258 g/mol. The minimum atomic E-state index is -0.441. The maximum Gasteiger partial charge on any atom is 0.407 e. The number of hydrogen-bond acceptors (Lipinski definition) is 4. The molecule has 18 heavy (non-hydrogen) atoms. The molecule has 0 heterocycles. The number of hydrogen-bond donors (Lipinski definition) is 2. The lowest BCUT2D eigenvalue weighted by Gasteiger charge is -2.20. The number of methoxy groups -OCH3 is 1. The summed E-state index contributed by atoms with van der Waals surface area (Å²) < 4.78 is 10.3. The van der Waals surface area contributed by atoms with Gasteiger partial charge in [-0.15, -0.1) is 0 Å². The molecule has 0 aromatic carbocycles. The van der Waals surface area contributed by atoms with Gasteiger partial charge in [0.1, 0.15) is 5.60 Å². The molecule has 1 amide bonds. The van der Waals surface area contributed by atoms with Gasteiger partial charge in [-0.2, -0.15) is 0 Å². The first-order chi connectivity index (χ1) is 8.35. The van der Waals surface area contributed by atoms with Crippen LogP contribution in [0, 0.1) is 0 Å². The molecule has 0 saturated heterocycles.